The molecule has 5 rings (SSSR count). The first-order valence-corrected chi connectivity index (χ1v) is 16.3. The average molecular weight is 707 g/mol. The number of hydrogen-bond donors (Lipinski definition) is 7. The van der Waals surface area contributed by atoms with Crippen LogP contribution >= 0.6 is 15.9 Å². The number of aromatic amines is 1. The third-order valence-electron chi connectivity index (χ3n) is 7.22. The number of hydrogen-bond acceptors (Lipinski definition) is 18. The van der Waals surface area contributed by atoms with Gasteiger partial charge in [0.2, 0.25) is 5.95 Å². The Morgan fingerprint density at radius 3 is 2.70 bits per heavy atom. The van der Waals surface area contributed by atoms with Crippen molar-refractivity contribution in [1.82, 2.24) is 29.5 Å². The van der Waals surface area contributed by atoms with Gasteiger partial charge in [0.15, 0.2) is 41.6 Å². The standard InChI is InChI=1S/C22H29FN10O12P2/c1-26-12-18(30-22(25)31-19(12)36)32(2)21-13(35)15(8(3-34)43-21)45-47(39,40)42-4-9-14(41-7-46(37)38)10(23)20(44-9)33-6-29-11-16(24)27-5-28-17(11)33/h5-6,8-10,13-15,20-21,34-35H,1,3-4,7H2,2H3,(H6-,24,25,27,28,30,31,36,37,38,39,40)/p+1/t8-,9-,10?,13?,14?,15?,20-,21-/m1/s1. The van der Waals surface area contributed by atoms with Gasteiger partial charge >= 0.3 is 15.9 Å². The van der Waals surface area contributed by atoms with Crippen molar-refractivity contribution in [2.24, 2.45) is 4.99 Å². The summed E-state index contributed by atoms with van der Waals surface area (Å²) in [6.07, 6.45) is -11.3. The number of halogens is 1. The average Bonchev–Trinajstić information content (AvgIpc) is 3.68. The van der Waals surface area contributed by atoms with Gasteiger partial charge < -0.3 is 45.7 Å². The fourth-order valence-electron chi connectivity index (χ4n) is 5.11. The summed E-state index contributed by atoms with van der Waals surface area (Å²) in [7, 11) is -6.69. The van der Waals surface area contributed by atoms with Crippen LogP contribution in [-0.2, 0) is 32.4 Å². The van der Waals surface area contributed by atoms with Crippen molar-refractivity contribution in [3.8, 4) is 0 Å². The number of fused-ring (bicyclic) bond motifs is 1. The van der Waals surface area contributed by atoms with Gasteiger partial charge in [-0.05, 0) is 11.3 Å². The molecule has 2 aliphatic heterocycles. The summed E-state index contributed by atoms with van der Waals surface area (Å²) in [6, 6.07) is 0. The molecule has 47 heavy (non-hydrogen) atoms. The summed E-state index contributed by atoms with van der Waals surface area (Å²) in [5, 5.41) is 20.9. The molecular formula is C22H30FN10O12P2+. The second kappa shape index (κ2) is 13.9. The highest BCUT2D eigenvalue weighted by molar-refractivity contribution is 7.47. The van der Waals surface area contributed by atoms with Crippen LogP contribution in [0.1, 0.15) is 6.23 Å². The van der Waals surface area contributed by atoms with Crippen LogP contribution in [0.25, 0.3) is 11.2 Å². The zero-order valence-electron chi connectivity index (χ0n) is 24.2. The van der Waals surface area contributed by atoms with Crippen LogP contribution in [0.2, 0.25) is 0 Å². The Labute approximate surface area is 263 Å². The number of imidazole rings is 1. The molecule has 3 aromatic heterocycles. The number of aromatic nitrogens is 6. The van der Waals surface area contributed by atoms with Crippen LogP contribution in [0.5, 0.6) is 0 Å². The number of aliphatic imine (C=N–C) groups is 1. The van der Waals surface area contributed by atoms with Gasteiger partial charge in [0.1, 0.15) is 42.4 Å². The molecule has 0 aliphatic carbocycles. The van der Waals surface area contributed by atoms with Crippen molar-refractivity contribution >= 4 is 57.0 Å². The molecular weight excluding hydrogens is 677 g/mol. The van der Waals surface area contributed by atoms with Crippen LogP contribution in [0.3, 0.4) is 0 Å². The van der Waals surface area contributed by atoms with Gasteiger partial charge in [0.25, 0.3) is 11.9 Å². The second-order valence-corrected chi connectivity index (χ2v) is 12.5. The van der Waals surface area contributed by atoms with Crippen molar-refractivity contribution in [3.63, 3.8) is 0 Å². The number of aliphatic hydroxyl groups excluding tert-OH is 2. The minimum Gasteiger partial charge on any atom is -0.394 e. The monoisotopic (exact) mass is 707 g/mol. The van der Waals surface area contributed by atoms with Crippen molar-refractivity contribution < 1.29 is 56.8 Å². The SMILES string of the molecule is C=Nc1c(N(C)[C@@H]2O[C@H](CO)C(OP(=O)(O)OC[C@H]3O[C@@H](n4cnc5c(N)ncnc54)C(F)C3OC[P+](=O)O)C2O)nc(N)[nH]c1=O. The molecule has 0 saturated carbocycles. The largest absolute Gasteiger partial charge is 0.534 e. The fraction of sp³-hybridized carbons (Fsp3) is 0.545. The lowest BCUT2D eigenvalue weighted by Crippen LogP contribution is -2.43. The van der Waals surface area contributed by atoms with Crippen molar-refractivity contribution in [2.45, 2.75) is 49.1 Å². The molecule has 2 fully saturated rings. The summed E-state index contributed by atoms with van der Waals surface area (Å²) >= 11 is 0. The predicted molar refractivity (Wildman–Crippen MR) is 157 cm³/mol. The number of anilines is 3. The lowest BCUT2D eigenvalue weighted by Gasteiger charge is -2.28. The van der Waals surface area contributed by atoms with Gasteiger partial charge in [-0.15, -0.1) is 0 Å². The number of H-pyrrole nitrogens is 1. The summed E-state index contributed by atoms with van der Waals surface area (Å²) in [4.78, 5) is 54.9. The first-order chi connectivity index (χ1) is 22.3. The number of rotatable bonds is 13. The van der Waals surface area contributed by atoms with Crippen LogP contribution in [-0.4, -0.2) is 126 Å². The van der Waals surface area contributed by atoms with E-state index in [9.17, 15) is 33.9 Å². The maximum Gasteiger partial charge on any atom is 0.534 e. The van der Waals surface area contributed by atoms with Crippen molar-refractivity contribution in [1.29, 1.82) is 0 Å². The Morgan fingerprint density at radius 1 is 1.28 bits per heavy atom. The molecule has 0 amide bonds. The Hall–Kier alpha value is -3.60. The molecule has 0 bridgehead atoms. The van der Waals surface area contributed by atoms with Crippen LogP contribution in [0.15, 0.2) is 22.4 Å². The van der Waals surface area contributed by atoms with Crippen LogP contribution < -0.4 is 21.9 Å². The third kappa shape index (κ3) is 7.00. The first kappa shape index (κ1) is 34.7. The number of nitrogen functional groups attached to an aromatic ring is 2. The minimum absolute atomic E-state index is 0.00816. The molecule has 22 nitrogen and oxygen atoms in total. The zero-order chi connectivity index (χ0) is 34.2. The number of alkyl halides is 1. The van der Waals surface area contributed by atoms with E-state index in [1.54, 1.807) is 0 Å². The lowest BCUT2D eigenvalue weighted by atomic mass is 10.1. The normalized spacial score (nSPS) is 29.2. The summed E-state index contributed by atoms with van der Waals surface area (Å²) in [5.74, 6) is -0.459. The fourth-order valence-corrected chi connectivity index (χ4v) is 6.37. The molecule has 6 unspecified atom stereocenters. The van der Waals surface area contributed by atoms with E-state index in [1.165, 1.54) is 17.9 Å². The molecule has 9 N–H and O–H groups in total. The van der Waals surface area contributed by atoms with E-state index in [2.05, 4.69) is 36.6 Å². The van der Waals surface area contributed by atoms with Crippen LogP contribution in [0, 0.1) is 0 Å². The lowest BCUT2D eigenvalue weighted by molar-refractivity contribution is -0.0611. The number of nitrogens with two attached hydrogens (primary N) is 2. The van der Waals surface area contributed by atoms with Gasteiger partial charge in [0.05, 0.1) is 19.5 Å². The van der Waals surface area contributed by atoms with E-state index in [0.29, 0.717) is 0 Å². The highest BCUT2D eigenvalue weighted by Crippen LogP contribution is 2.49. The van der Waals surface area contributed by atoms with E-state index in [0.717, 1.165) is 11.2 Å². The summed E-state index contributed by atoms with van der Waals surface area (Å²) in [5.41, 5.74) is 10.6. The number of phosphoric ester groups is 1. The molecule has 5 heterocycles. The Bertz CT molecular complexity index is 1750. The third-order valence-corrected chi connectivity index (χ3v) is 8.58. The van der Waals surface area contributed by atoms with E-state index >= 15 is 4.39 Å². The first-order valence-electron chi connectivity index (χ1n) is 13.4. The van der Waals surface area contributed by atoms with Crippen LogP contribution in [0.4, 0.5) is 27.7 Å². The number of phosphoric acid groups is 1. The number of nitrogens with zero attached hydrogens (tertiary/aromatic N) is 7. The Balaban J connectivity index is 1.31. The molecule has 256 valence electrons. The topological polar surface area (TPSA) is 318 Å². The van der Waals surface area contributed by atoms with Gasteiger partial charge in [-0.3, -0.25) is 28.4 Å². The maximum absolute atomic E-state index is 15.7. The van der Waals surface area contributed by atoms with E-state index < -0.39 is 90.1 Å². The van der Waals surface area contributed by atoms with E-state index in [4.69, 9.17) is 34.7 Å². The number of likely N-dealkylation sites (N-methyl/N-ethyl adjacent to an activating group) is 1. The van der Waals surface area contributed by atoms with E-state index in [1.807, 2.05) is 0 Å². The number of ether oxygens (including phenoxy) is 3. The quantitative estimate of drug-likeness (QED) is 0.0779. The minimum atomic E-state index is -5.16. The molecule has 10 atom stereocenters. The smallest absolute Gasteiger partial charge is 0.394 e. The maximum atomic E-state index is 15.7. The molecule has 0 aromatic carbocycles. The Morgan fingerprint density at radius 2 is 2.02 bits per heavy atom. The summed E-state index contributed by atoms with van der Waals surface area (Å²) in [6.45, 7) is 1.65. The molecule has 25 heteroatoms. The van der Waals surface area contributed by atoms with Gasteiger partial charge in [-0.1, -0.05) is 0 Å². The molecule has 2 aliphatic rings. The Kier molecular flexibility index (Phi) is 10.2. The second-order valence-electron chi connectivity index (χ2n) is 10.2. The number of nitrogens with one attached hydrogen (secondary N) is 1. The zero-order valence-corrected chi connectivity index (χ0v) is 26.0. The molecule has 2 saturated heterocycles. The van der Waals surface area contributed by atoms with Gasteiger partial charge in [0, 0.05) is 7.05 Å². The van der Waals surface area contributed by atoms with Crippen molar-refractivity contribution in [2.75, 3.05) is 43.0 Å². The van der Waals surface area contributed by atoms with Crippen molar-refractivity contribution in [3.05, 3.63) is 23.0 Å². The summed E-state index contributed by atoms with van der Waals surface area (Å²) < 4.78 is 68.1. The molecule has 3 aromatic rings. The van der Waals surface area contributed by atoms with Gasteiger partial charge in [-0.2, -0.15) is 9.88 Å². The highest BCUT2D eigenvalue weighted by atomic mass is 31.2. The molecule has 0 spiro atoms. The predicted octanol–water partition coefficient (Wildman–Crippen LogP) is -1.56. The van der Waals surface area contributed by atoms with Gasteiger partial charge in [-0.25, -0.2) is 23.9 Å². The number of aliphatic hydroxyl groups is 2. The van der Waals surface area contributed by atoms with E-state index in [-0.39, 0.29) is 34.4 Å². The highest BCUT2D eigenvalue weighted by Gasteiger charge is 2.52. The molecule has 0 radical (unpaired) electrons.